The van der Waals surface area contributed by atoms with Crippen molar-refractivity contribution in [2.24, 2.45) is 23.7 Å². The second-order valence-corrected chi connectivity index (χ2v) is 20.6. The summed E-state index contributed by atoms with van der Waals surface area (Å²) < 4.78 is 0. The SMILES string of the molecule is CC(C)(C)c1ccc(-c2nc(-c3ccc(-c4ccc(C5(c6ccc(-c7cccc(C#N)c7)cc6)C6CC7CC(C6)CC5C7)cc4)cc3)nc(-c3ccc(C(C)(C)C)cc3)n2)cc1. The minimum atomic E-state index is 0.0110. The van der Waals surface area contributed by atoms with Crippen LogP contribution in [0.25, 0.3) is 56.4 Å². The Balaban J connectivity index is 0.976. The van der Waals surface area contributed by atoms with Gasteiger partial charge in [0.2, 0.25) is 0 Å². The lowest BCUT2D eigenvalue weighted by Gasteiger charge is -2.62. The average molecular weight is 809 g/mol. The Morgan fingerprint density at radius 2 is 0.790 bits per heavy atom. The molecular weight excluding hydrogens is 753 g/mol. The molecule has 4 aliphatic carbocycles. The minimum Gasteiger partial charge on any atom is -0.208 e. The van der Waals surface area contributed by atoms with Crippen molar-refractivity contribution >= 4 is 0 Å². The van der Waals surface area contributed by atoms with Crippen LogP contribution in [0, 0.1) is 35.0 Å². The van der Waals surface area contributed by atoms with E-state index >= 15 is 0 Å². The number of aromatic nitrogens is 3. The lowest BCUT2D eigenvalue weighted by molar-refractivity contribution is -0.0418. The van der Waals surface area contributed by atoms with E-state index in [1.165, 1.54) is 65.5 Å². The molecular formula is C58H56N4. The summed E-state index contributed by atoms with van der Waals surface area (Å²) in [5.41, 5.74) is 13.9. The third-order valence-electron chi connectivity index (χ3n) is 14.6. The maximum absolute atomic E-state index is 9.53. The van der Waals surface area contributed by atoms with Gasteiger partial charge in [-0.3, -0.25) is 0 Å². The third-order valence-corrected chi connectivity index (χ3v) is 14.6. The van der Waals surface area contributed by atoms with Crippen molar-refractivity contribution < 1.29 is 0 Å². The first kappa shape index (κ1) is 39.9. The molecule has 11 rings (SSSR count). The molecule has 62 heavy (non-hydrogen) atoms. The molecule has 4 heteroatoms. The monoisotopic (exact) mass is 808 g/mol. The molecule has 0 N–H and O–H groups in total. The number of benzene rings is 6. The Bertz CT molecular complexity index is 2670. The zero-order valence-corrected chi connectivity index (χ0v) is 37.0. The van der Waals surface area contributed by atoms with E-state index in [4.69, 9.17) is 15.0 Å². The molecule has 0 amide bonds. The maximum atomic E-state index is 9.53. The number of nitrogens with zero attached hydrogens (tertiary/aromatic N) is 4. The number of hydrogen-bond donors (Lipinski definition) is 0. The second-order valence-electron chi connectivity index (χ2n) is 20.6. The zero-order valence-electron chi connectivity index (χ0n) is 37.0. The van der Waals surface area contributed by atoms with Crippen LogP contribution in [0.3, 0.4) is 0 Å². The summed E-state index contributed by atoms with van der Waals surface area (Å²) in [6.07, 6.45) is 6.73. The van der Waals surface area contributed by atoms with Gasteiger partial charge in [0.15, 0.2) is 17.5 Å². The first-order chi connectivity index (χ1) is 29.8. The van der Waals surface area contributed by atoms with Gasteiger partial charge in [0.1, 0.15) is 0 Å². The third kappa shape index (κ3) is 7.26. The molecule has 4 bridgehead atoms. The van der Waals surface area contributed by atoms with Crippen LogP contribution in [0.2, 0.25) is 0 Å². The zero-order chi connectivity index (χ0) is 42.8. The predicted octanol–water partition coefficient (Wildman–Crippen LogP) is 14.4. The Kier molecular flexibility index (Phi) is 9.86. The summed E-state index contributed by atoms with van der Waals surface area (Å²) in [4.78, 5) is 15.2. The highest BCUT2D eigenvalue weighted by Crippen LogP contribution is 2.65. The van der Waals surface area contributed by atoms with Gasteiger partial charge >= 0.3 is 0 Å². The highest BCUT2D eigenvalue weighted by Gasteiger charge is 2.58. The van der Waals surface area contributed by atoms with Gasteiger partial charge in [-0.15, -0.1) is 0 Å². The van der Waals surface area contributed by atoms with Crippen LogP contribution in [-0.2, 0) is 16.2 Å². The lowest BCUT2D eigenvalue weighted by Crippen LogP contribution is -2.56. The minimum absolute atomic E-state index is 0.0110. The molecule has 6 aromatic carbocycles. The average Bonchev–Trinajstić information content (AvgIpc) is 3.29. The quantitative estimate of drug-likeness (QED) is 0.161. The van der Waals surface area contributed by atoms with Gasteiger partial charge in [-0.25, -0.2) is 15.0 Å². The molecule has 0 unspecified atom stereocenters. The van der Waals surface area contributed by atoms with Gasteiger partial charge in [-0.05, 0) is 123 Å². The molecule has 4 nitrogen and oxygen atoms in total. The fourth-order valence-electron chi connectivity index (χ4n) is 11.5. The summed E-state index contributed by atoms with van der Waals surface area (Å²) in [6, 6.07) is 55.3. The van der Waals surface area contributed by atoms with Crippen molar-refractivity contribution in [1.82, 2.24) is 15.0 Å². The lowest BCUT2D eigenvalue weighted by atomic mass is 9.42. The van der Waals surface area contributed by atoms with E-state index in [1.54, 1.807) is 0 Å². The summed E-state index contributed by atoms with van der Waals surface area (Å²) in [5.74, 6) is 5.06. The standard InChI is InChI=1S/C58H56N4/c1-56(2,3)47-22-18-44(19-23-47)54-60-53(61-55(62-54)45-20-24-48(25-21-45)57(4,5)6)43-12-10-40(11-13-43)41-14-26-49(27-15-41)58(51-32-38-30-39(34-51)35-52(58)33-38)50-28-16-42(17-29-50)46-9-7-8-37(31-46)36-59/h7-29,31,38-39,51-52H,30,32-35H2,1-6H3. The Morgan fingerprint density at radius 1 is 0.435 bits per heavy atom. The maximum Gasteiger partial charge on any atom is 0.164 e. The highest BCUT2D eigenvalue weighted by atomic mass is 15.0. The Hall–Kier alpha value is -6.18. The molecule has 1 aromatic heterocycles. The topological polar surface area (TPSA) is 62.5 Å². The van der Waals surface area contributed by atoms with Gasteiger partial charge in [-0.2, -0.15) is 5.26 Å². The second kappa shape index (κ2) is 15.3. The first-order valence-electron chi connectivity index (χ1n) is 22.7. The molecule has 4 fully saturated rings. The summed E-state index contributed by atoms with van der Waals surface area (Å²) in [5, 5.41) is 9.53. The van der Waals surface area contributed by atoms with Crippen LogP contribution >= 0.6 is 0 Å². The van der Waals surface area contributed by atoms with Gasteiger partial charge in [-0.1, -0.05) is 175 Å². The van der Waals surface area contributed by atoms with E-state index < -0.39 is 0 Å². The van der Waals surface area contributed by atoms with Crippen molar-refractivity contribution in [3.63, 3.8) is 0 Å². The van der Waals surface area contributed by atoms with Crippen LogP contribution < -0.4 is 0 Å². The predicted molar refractivity (Wildman–Crippen MR) is 253 cm³/mol. The normalized spacial score (nSPS) is 21.8. The van der Waals surface area contributed by atoms with Crippen molar-refractivity contribution in [2.75, 3.05) is 0 Å². The van der Waals surface area contributed by atoms with Crippen LogP contribution in [0.5, 0.6) is 0 Å². The van der Waals surface area contributed by atoms with Crippen molar-refractivity contribution in [2.45, 2.75) is 89.9 Å². The Morgan fingerprint density at radius 3 is 1.18 bits per heavy atom. The van der Waals surface area contributed by atoms with Crippen molar-refractivity contribution in [3.05, 3.63) is 173 Å². The fourth-order valence-corrected chi connectivity index (χ4v) is 11.5. The van der Waals surface area contributed by atoms with E-state index in [-0.39, 0.29) is 16.2 Å². The summed E-state index contributed by atoms with van der Waals surface area (Å²) in [7, 11) is 0. The molecule has 4 aliphatic rings. The number of rotatable bonds is 7. The summed E-state index contributed by atoms with van der Waals surface area (Å²) in [6.45, 7) is 13.4. The van der Waals surface area contributed by atoms with E-state index in [0.29, 0.717) is 34.9 Å². The van der Waals surface area contributed by atoms with Crippen LogP contribution in [0.1, 0.15) is 101 Å². The fraction of sp³-hybridized carbons (Fsp3) is 0.310. The van der Waals surface area contributed by atoms with E-state index in [2.05, 4.69) is 175 Å². The molecule has 0 saturated heterocycles. The smallest absolute Gasteiger partial charge is 0.164 e. The van der Waals surface area contributed by atoms with Gasteiger partial charge in [0, 0.05) is 22.1 Å². The van der Waals surface area contributed by atoms with Gasteiger partial charge in [0.05, 0.1) is 11.6 Å². The molecule has 0 spiro atoms. The highest BCUT2D eigenvalue weighted by molar-refractivity contribution is 5.72. The molecule has 0 aliphatic heterocycles. The van der Waals surface area contributed by atoms with Crippen LogP contribution in [0.4, 0.5) is 0 Å². The van der Waals surface area contributed by atoms with Crippen molar-refractivity contribution in [3.8, 4) is 62.5 Å². The van der Waals surface area contributed by atoms with E-state index in [9.17, 15) is 5.26 Å². The van der Waals surface area contributed by atoms with Gasteiger partial charge < -0.3 is 0 Å². The summed E-state index contributed by atoms with van der Waals surface area (Å²) >= 11 is 0. The molecule has 7 aromatic rings. The van der Waals surface area contributed by atoms with Crippen LogP contribution in [0.15, 0.2) is 146 Å². The molecule has 4 saturated carbocycles. The number of hydrogen-bond acceptors (Lipinski definition) is 4. The largest absolute Gasteiger partial charge is 0.208 e. The number of nitriles is 1. The van der Waals surface area contributed by atoms with E-state index in [0.717, 1.165) is 39.7 Å². The Labute approximate surface area is 368 Å². The molecule has 0 radical (unpaired) electrons. The van der Waals surface area contributed by atoms with Gasteiger partial charge in [0.25, 0.3) is 0 Å². The van der Waals surface area contributed by atoms with Crippen LogP contribution in [-0.4, -0.2) is 15.0 Å². The molecule has 1 heterocycles. The van der Waals surface area contributed by atoms with E-state index in [1.807, 2.05) is 18.2 Å². The first-order valence-corrected chi connectivity index (χ1v) is 22.7. The molecule has 0 atom stereocenters. The molecule has 308 valence electrons. The van der Waals surface area contributed by atoms with Crippen molar-refractivity contribution in [1.29, 1.82) is 5.26 Å².